The lowest BCUT2D eigenvalue weighted by Gasteiger charge is -2.05. The number of nitrogens with one attached hydrogen (secondary N) is 1. The van der Waals surface area contributed by atoms with Crippen LogP contribution in [0.5, 0.6) is 0 Å². The van der Waals surface area contributed by atoms with Crippen molar-refractivity contribution in [3.05, 3.63) is 70.3 Å². The molecule has 1 N–H and O–H groups in total. The molecule has 0 saturated heterocycles. The number of hydrogen-bond acceptors (Lipinski definition) is 5. The molecule has 9 heteroatoms. The summed E-state index contributed by atoms with van der Waals surface area (Å²) >= 11 is 0. The van der Waals surface area contributed by atoms with Crippen LogP contribution in [0.25, 0.3) is 5.69 Å². The molecule has 0 unspecified atom stereocenters. The number of nitrogens with zero attached hydrogens (tertiary/aromatic N) is 5. The molecule has 0 aliphatic heterocycles. The highest BCUT2D eigenvalue weighted by Gasteiger charge is 2.24. The minimum atomic E-state index is -0.624. The van der Waals surface area contributed by atoms with Gasteiger partial charge in [-0.25, -0.2) is 4.68 Å². The Kier molecular flexibility index (Phi) is 4.06. The molecule has 24 heavy (non-hydrogen) atoms. The quantitative estimate of drug-likeness (QED) is 0.564. The smallest absolute Gasteiger partial charge is 0.320 e. The minimum absolute atomic E-state index is 0.198. The summed E-state index contributed by atoms with van der Waals surface area (Å²) in [6.07, 6.45) is 4.72. The van der Waals surface area contributed by atoms with Gasteiger partial charge in [0.2, 0.25) is 5.69 Å². The van der Waals surface area contributed by atoms with Crippen LogP contribution in [0.15, 0.2) is 48.9 Å². The standard InChI is InChI=1S/C15H14N6O3/c1-19-10-13(21(23)24)14(18-19)15(22)16-9-11-3-5-12(6-4-11)20-8-2-7-17-20/h2-8,10H,9H2,1H3,(H,16,22). The van der Waals surface area contributed by atoms with Gasteiger partial charge in [-0.05, 0) is 23.8 Å². The van der Waals surface area contributed by atoms with Gasteiger partial charge in [0.25, 0.3) is 5.91 Å². The first-order valence-electron chi connectivity index (χ1n) is 7.10. The fraction of sp³-hybridized carbons (Fsp3) is 0.133. The Morgan fingerprint density at radius 1 is 1.33 bits per heavy atom. The van der Waals surface area contributed by atoms with Gasteiger partial charge in [0, 0.05) is 26.0 Å². The number of nitro groups is 1. The van der Waals surface area contributed by atoms with Gasteiger partial charge in [0.05, 0.1) is 10.6 Å². The number of aromatic nitrogens is 4. The third-order valence-electron chi connectivity index (χ3n) is 3.38. The highest BCUT2D eigenvalue weighted by atomic mass is 16.6. The van der Waals surface area contributed by atoms with E-state index < -0.39 is 10.8 Å². The third kappa shape index (κ3) is 3.14. The predicted molar refractivity (Wildman–Crippen MR) is 84.6 cm³/mol. The second kappa shape index (κ2) is 6.32. The van der Waals surface area contributed by atoms with Crippen LogP contribution < -0.4 is 5.32 Å². The Morgan fingerprint density at radius 3 is 2.71 bits per heavy atom. The molecular weight excluding hydrogens is 312 g/mol. The normalized spacial score (nSPS) is 10.5. The number of aryl methyl sites for hydroxylation is 1. The highest BCUT2D eigenvalue weighted by molar-refractivity contribution is 5.95. The Balaban J connectivity index is 1.67. The molecule has 1 aromatic carbocycles. The molecule has 0 aliphatic carbocycles. The molecule has 3 rings (SSSR count). The van der Waals surface area contributed by atoms with E-state index in [0.29, 0.717) is 0 Å². The van der Waals surface area contributed by atoms with Gasteiger partial charge in [0.1, 0.15) is 6.20 Å². The Hall–Kier alpha value is -3.49. The first kappa shape index (κ1) is 15.4. The van der Waals surface area contributed by atoms with Crippen molar-refractivity contribution >= 4 is 11.6 Å². The summed E-state index contributed by atoms with van der Waals surface area (Å²) in [7, 11) is 1.53. The summed E-state index contributed by atoms with van der Waals surface area (Å²) in [5.41, 5.74) is 1.24. The largest absolute Gasteiger partial charge is 0.346 e. The molecular formula is C15H14N6O3. The van der Waals surface area contributed by atoms with Gasteiger partial charge in [-0.1, -0.05) is 12.1 Å². The van der Waals surface area contributed by atoms with Crippen LogP contribution in [0.2, 0.25) is 0 Å². The molecule has 1 amide bonds. The van der Waals surface area contributed by atoms with E-state index in [9.17, 15) is 14.9 Å². The van der Waals surface area contributed by atoms with Crippen molar-refractivity contribution in [3.8, 4) is 5.69 Å². The first-order valence-corrected chi connectivity index (χ1v) is 7.10. The first-order chi connectivity index (χ1) is 11.5. The highest BCUT2D eigenvalue weighted by Crippen LogP contribution is 2.16. The van der Waals surface area contributed by atoms with E-state index in [4.69, 9.17) is 0 Å². The zero-order valence-electron chi connectivity index (χ0n) is 12.8. The topological polar surface area (TPSA) is 108 Å². The van der Waals surface area contributed by atoms with Crippen molar-refractivity contribution in [1.82, 2.24) is 24.9 Å². The SMILES string of the molecule is Cn1cc([N+](=O)[O-])c(C(=O)NCc2ccc(-n3cccn3)cc2)n1. The number of carbonyl (C=O) groups excluding carboxylic acids is 1. The van der Waals surface area contributed by atoms with E-state index in [1.165, 1.54) is 17.9 Å². The van der Waals surface area contributed by atoms with Crippen molar-refractivity contribution in [2.75, 3.05) is 0 Å². The van der Waals surface area contributed by atoms with E-state index in [-0.39, 0.29) is 17.9 Å². The van der Waals surface area contributed by atoms with E-state index in [2.05, 4.69) is 15.5 Å². The molecule has 122 valence electrons. The van der Waals surface area contributed by atoms with Gasteiger partial charge in [-0.3, -0.25) is 19.6 Å². The maximum absolute atomic E-state index is 12.1. The Bertz CT molecular complexity index is 867. The van der Waals surface area contributed by atoms with Crippen LogP contribution in [0.3, 0.4) is 0 Å². The second-order valence-corrected chi connectivity index (χ2v) is 5.09. The van der Waals surface area contributed by atoms with Crippen LogP contribution in [0, 0.1) is 10.1 Å². The fourth-order valence-corrected chi connectivity index (χ4v) is 2.23. The van der Waals surface area contributed by atoms with E-state index in [1.807, 2.05) is 36.5 Å². The number of rotatable bonds is 5. The van der Waals surface area contributed by atoms with E-state index in [1.54, 1.807) is 10.9 Å². The monoisotopic (exact) mass is 326 g/mol. The van der Waals surface area contributed by atoms with Gasteiger partial charge in [0.15, 0.2) is 0 Å². The number of benzene rings is 1. The summed E-state index contributed by atoms with van der Waals surface area (Å²) in [6.45, 7) is 0.242. The summed E-state index contributed by atoms with van der Waals surface area (Å²) in [6, 6.07) is 9.28. The van der Waals surface area contributed by atoms with Gasteiger partial charge in [-0.15, -0.1) is 0 Å². The van der Waals surface area contributed by atoms with Crippen LogP contribution in [-0.2, 0) is 13.6 Å². The van der Waals surface area contributed by atoms with Crippen LogP contribution in [0.1, 0.15) is 16.1 Å². The van der Waals surface area contributed by atoms with E-state index >= 15 is 0 Å². The van der Waals surface area contributed by atoms with Crippen molar-refractivity contribution in [2.24, 2.45) is 7.05 Å². The maximum atomic E-state index is 12.1. The molecule has 9 nitrogen and oxygen atoms in total. The van der Waals surface area contributed by atoms with Crippen molar-refractivity contribution in [2.45, 2.75) is 6.54 Å². The zero-order valence-corrected chi connectivity index (χ0v) is 12.8. The Labute approximate surface area is 136 Å². The summed E-state index contributed by atoms with van der Waals surface area (Å²) < 4.78 is 2.96. The molecule has 3 aromatic rings. The maximum Gasteiger partial charge on any atom is 0.320 e. The van der Waals surface area contributed by atoms with Crippen molar-refractivity contribution in [3.63, 3.8) is 0 Å². The molecule has 0 saturated carbocycles. The van der Waals surface area contributed by atoms with Gasteiger partial charge in [-0.2, -0.15) is 10.2 Å². The Morgan fingerprint density at radius 2 is 2.08 bits per heavy atom. The van der Waals surface area contributed by atoms with Crippen LogP contribution in [-0.4, -0.2) is 30.4 Å². The van der Waals surface area contributed by atoms with Crippen LogP contribution >= 0.6 is 0 Å². The third-order valence-corrected chi connectivity index (χ3v) is 3.38. The number of hydrogen-bond donors (Lipinski definition) is 1. The van der Waals surface area contributed by atoms with Crippen molar-refractivity contribution < 1.29 is 9.72 Å². The summed E-state index contributed by atoms with van der Waals surface area (Å²) in [5, 5.41) is 21.5. The number of amides is 1. The molecule has 0 radical (unpaired) electrons. The average molecular weight is 326 g/mol. The lowest BCUT2D eigenvalue weighted by molar-refractivity contribution is -0.385. The molecule has 0 spiro atoms. The van der Waals surface area contributed by atoms with Crippen LogP contribution in [0.4, 0.5) is 5.69 Å². The molecule has 0 atom stereocenters. The van der Waals surface area contributed by atoms with Gasteiger partial charge >= 0.3 is 5.69 Å². The molecule has 2 aromatic heterocycles. The zero-order chi connectivity index (χ0) is 17.1. The second-order valence-electron chi connectivity index (χ2n) is 5.09. The van der Waals surface area contributed by atoms with Crippen molar-refractivity contribution in [1.29, 1.82) is 0 Å². The van der Waals surface area contributed by atoms with Gasteiger partial charge < -0.3 is 5.32 Å². The summed E-state index contributed by atoms with van der Waals surface area (Å²) in [5.74, 6) is -0.585. The van der Waals surface area contributed by atoms with E-state index in [0.717, 1.165) is 11.3 Å². The number of carbonyl (C=O) groups is 1. The molecule has 2 heterocycles. The summed E-state index contributed by atoms with van der Waals surface area (Å²) in [4.78, 5) is 22.4. The lowest BCUT2D eigenvalue weighted by atomic mass is 10.2. The predicted octanol–water partition coefficient (Wildman–Crippen LogP) is 1.44. The lowest BCUT2D eigenvalue weighted by Crippen LogP contribution is -2.24. The molecule has 0 aliphatic rings. The molecule has 0 fully saturated rings. The average Bonchev–Trinajstić information content (AvgIpc) is 3.22. The minimum Gasteiger partial charge on any atom is -0.346 e. The molecule has 0 bridgehead atoms. The fourth-order valence-electron chi connectivity index (χ4n) is 2.23.